The largest absolute Gasteiger partial charge is 0.493 e. The van der Waals surface area contributed by atoms with Gasteiger partial charge >= 0.3 is 0 Å². The fourth-order valence-electron chi connectivity index (χ4n) is 2.31. The molecule has 0 aliphatic carbocycles. The van der Waals surface area contributed by atoms with Crippen molar-refractivity contribution < 1.29 is 24.1 Å². The molecule has 1 saturated heterocycles. The summed E-state index contributed by atoms with van der Waals surface area (Å²) in [6, 6.07) is 3.83. The first-order valence-electron chi connectivity index (χ1n) is 6.15. The number of hydrogen-bond acceptors (Lipinski definition) is 5. The SMILES string of the molecule is COc1cc(CC2(CO)COC2)cc(OC)c1OC. The van der Waals surface area contributed by atoms with Gasteiger partial charge in [0.15, 0.2) is 11.5 Å². The maximum atomic E-state index is 9.48. The van der Waals surface area contributed by atoms with E-state index in [9.17, 15) is 5.11 Å². The van der Waals surface area contributed by atoms with Crippen molar-refractivity contribution in [2.75, 3.05) is 41.2 Å². The Bertz CT molecular complexity index is 409. The van der Waals surface area contributed by atoms with Crippen molar-refractivity contribution >= 4 is 0 Å². The van der Waals surface area contributed by atoms with Crippen LogP contribution in [0.1, 0.15) is 5.56 Å². The molecule has 1 aliphatic rings. The lowest BCUT2D eigenvalue weighted by molar-refractivity contribution is -0.136. The minimum atomic E-state index is -0.176. The van der Waals surface area contributed by atoms with Gasteiger partial charge in [-0.15, -0.1) is 0 Å². The van der Waals surface area contributed by atoms with E-state index in [1.807, 2.05) is 12.1 Å². The highest BCUT2D eigenvalue weighted by Crippen LogP contribution is 2.40. The molecule has 1 aliphatic heterocycles. The van der Waals surface area contributed by atoms with Crippen LogP contribution in [0.4, 0.5) is 0 Å². The molecule has 0 amide bonds. The second kappa shape index (κ2) is 5.67. The smallest absolute Gasteiger partial charge is 0.203 e. The van der Waals surface area contributed by atoms with E-state index >= 15 is 0 Å². The van der Waals surface area contributed by atoms with Crippen molar-refractivity contribution in [3.05, 3.63) is 17.7 Å². The third-order valence-electron chi connectivity index (χ3n) is 3.46. The molecule has 1 N–H and O–H groups in total. The van der Waals surface area contributed by atoms with Crippen molar-refractivity contribution in [3.8, 4) is 17.2 Å². The highest BCUT2D eigenvalue weighted by atomic mass is 16.5. The van der Waals surface area contributed by atoms with E-state index in [4.69, 9.17) is 18.9 Å². The predicted molar refractivity (Wildman–Crippen MR) is 70.1 cm³/mol. The second-order valence-corrected chi connectivity index (χ2v) is 4.86. The molecule has 5 nitrogen and oxygen atoms in total. The molecule has 0 bridgehead atoms. The van der Waals surface area contributed by atoms with Gasteiger partial charge in [-0.3, -0.25) is 0 Å². The van der Waals surface area contributed by atoms with Gasteiger partial charge in [-0.25, -0.2) is 0 Å². The third kappa shape index (κ3) is 2.62. The Morgan fingerprint density at radius 1 is 1.11 bits per heavy atom. The van der Waals surface area contributed by atoms with Gasteiger partial charge in [0, 0.05) is 5.41 Å². The van der Waals surface area contributed by atoms with Gasteiger partial charge in [-0.05, 0) is 24.1 Å². The first kappa shape index (κ1) is 14.0. The van der Waals surface area contributed by atoms with Crippen LogP contribution >= 0.6 is 0 Å². The summed E-state index contributed by atoms with van der Waals surface area (Å²) >= 11 is 0. The van der Waals surface area contributed by atoms with Crippen LogP contribution in [0.3, 0.4) is 0 Å². The summed E-state index contributed by atoms with van der Waals surface area (Å²) in [7, 11) is 4.76. The Hall–Kier alpha value is -1.46. The minimum Gasteiger partial charge on any atom is -0.493 e. The van der Waals surface area contributed by atoms with Crippen LogP contribution in [0.2, 0.25) is 0 Å². The van der Waals surface area contributed by atoms with Crippen LogP contribution in [-0.4, -0.2) is 46.3 Å². The zero-order chi connectivity index (χ0) is 13.9. The minimum absolute atomic E-state index is 0.115. The summed E-state index contributed by atoms with van der Waals surface area (Å²) in [5.41, 5.74) is 0.858. The van der Waals surface area contributed by atoms with Gasteiger partial charge < -0.3 is 24.1 Å². The van der Waals surface area contributed by atoms with Crippen molar-refractivity contribution in [3.63, 3.8) is 0 Å². The van der Waals surface area contributed by atoms with Gasteiger partial charge in [0.05, 0.1) is 41.2 Å². The highest BCUT2D eigenvalue weighted by Gasteiger charge is 2.38. The van der Waals surface area contributed by atoms with Gasteiger partial charge in [-0.1, -0.05) is 0 Å². The lowest BCUT2D eigenvalue weighted by Crippen LogP contribution is -2.47. The van der Waals surface area contributed by atoms with Gasteiger partial charge in [0.25, 0.3) is 0 Å². The summed E-state index contributed by atoms with van der Waals surface area (Å²) in [5.74, 6) is 1.84. The van der Waals surface area contributed by atoms with Crippen LogP contribution in [0, 0.1) is 5.41 Å². The standard InChI is InChI=1S/C14H20O5/c1-16-11-4-10(5-12(17-2)13(11)18-3)6-14(7-15)8-19-9-14/h4-5,15H,6-9H2,1-3H3. The second-order valence-electron chi connectivity index (χ2n) is 4.86. The van der Waals surface area contributed by atoms with Crippen molar-refractivity contribution in [2.24, 2.45) is 5.41 Å². The third-order valence-corrected chi connectivity index (χ3v) is 3.46. The maximum Gasteiger partial charge on any atom is 0.203 e. The van der Waals surface area contributed by atoms with E-state index in [1.165, 1.54) is 0 Å². The normalized spacial score (nSPS) is 16.6. The fraction of sp³-hybridized carbons (Fsp3) is 0.571. The number of rotatable bonds is 6. The Morgan fingerprint density at radius 3 is 2.00 bits per heavy atom. The predicted octanol–water partition coefficient (Wildman–Crippen LogP) is 1.26. The number of aliphatic hydroxyl groups is 1. The Kier molecular flexibility index (Phi) is 4.17. The average Bonchev–Trinajstić information content (AvgIpc) is 2.41. The molecule has 0 radical (unpaired) electrons. The molecule has 5 heteroatoms. The van der Waals surface area contributed by atoms with E-state index in [0.717, 1.165) is 12.0 Å². The van der Waals surface area contributed by atoms with E-state index in [1.54, 1.807) is 21.3 Å². The molecule has 0 saturated carbocycles. The Morgan fingerprint density at radius 2 is 1.68 bits per heavy atom. The van der Waals surface area contributed by atoms with Crippen LogP contribution in [0.5, 0.6) is 17.2 Å². The first-order valence-corrected chi connectivity index (χ1v) is 6.15. The number of methoxy groups -OCH3 is 3. The molecule has 2 rings (SSSR count). The summed E-state index contributed by atoms with van der Waals surface area (Å²) in [5, 5.41) is 9.48. The zero-order valence-electron chi connectivity index (χ0n) is 11.6. The molecule has 1 heterocycles. The molecule has 106 valence electrons. The van der Waals surface area contributed by atoms with Crippen LogP contribution < -0.4 is 14.2 Å². The summed E-state index contributed by atoms with van der Waals surface area (Å²) in [6.07, 6.45) is 0.722. The highest BCUT2D eigenvalue weighted by molar-refractivity contribution is 5.54. The molecule has 1 aromatic rings. The van der Waals surface area contributed by atoms with Crippen molar-refractivity contribution in [1.82, 2.24) is 0 Å². The molecular weight excluding hydrogens is 248 g/mol. The molecule has 0 unspecified atom stereocenters. The Labute approximate surface area is 113 Å². The van der Waals surface area contributed by atoms with E-state index in [-0.39, 0.29) is 12.0 Å². The maximum absolute atomic E-state index is 9.48. The first-order chi connectivity index (χ1) is 9.18. The molecule has 0 spiro atoms. The number of aliphatic hydroxyl groups excluding tert-OH is 1. The topological polar surface area (TPSA) is 57.2 Å². The molecule has 1 fully saturated rings. The average molecular weight is 268 g/mol. The van der Waals surface area contributed by atoms with Gasteiger partial charge in [0.2, 0.25) is 5.75 Å². The fourth-order valence-corrected chi connectivity index (χ4v) is 2.31. The molecule has 19 heavy (non-hydrogen) atoms. The summed E-state index contributed by atoms with van der Waals surface area (Å²) in [4.78, 5) is 0. The van der Waals surface area contributed by atoms with Crippen molar-refractivity contribution in [2.45, 2.75) is 6.42 Å². The monoisotopic (exact) mass is 268 g/mol. The number of ether oxygens (including phenoxy) is 4. The lowest BCUT2D eigenvalue weighted by atomic mass is 9.80. The van der Waals surface area contributed by atoms with Crippen LogP contribution in [-0.2, 0) is 11.2 Å². The zero-order valence-corrected chi connectivity index (χ0v) is 11.6. The van der Waals surface area contributed by atoms with Crippen LogP contribution in [0.15, 0.2) is 12.1 Å². The molecular formula is C14H20O5. The molecule has 0 atom stereocenters. The van der Waals surface area contributed by atoms with E-state index in [0.29, 0.717) is 30.5 Å². The summed E-state index contributed by atoms with van der Waals surface area (Å²) < 4.78 is 21.1. The quantitative estimate of drug-likeness (QED) is 0.842. The lowest BCUT2D eigenvalue weighted by Gasteiger charge is -2.40. The van der Waals surface area contributed by atoms with Gasteiger partial charge in [0.1, 0.15) is 0 Å². The van der Waals surface area contributed by atoms with E-state index in [2.05, 4.69) is 0 Å². The van der Waals surface area contributed by atoms with Crippen molar-refractivity contribution in [1.29, 1.82) is 0 Å². The van der Waals surface area contributed by atoms with E-state index < -0.39 is 0 Å². The molecule has 1 aromatic carbocycles. The Balaban J connectivity index is 2.30. The van der Waals surface area contributed by atoms with Gasteiger partial charge in [-0.2, -0.15) is 0 Å². The number of benzene rings is 1. The summed E-state index contributed by atoms with van der Waals surface area (Å²) in [6.45, 7) is 1.28. The van der Waals surface area contributed by atoms with Crippen LogP contribution in [0.25, 0.3) is 0 Å². The molecule has 0 aromatic heterocycles. The number of hydrogen-bond donors (Lipinski definition) is 1.